The molecule has 0 aliphatic heterocycles. The van der Waals surface area contributed by atoms with Gasteiger partial charge in [0.15, 0.2) is 11.6 Å². The number of aromatic nitrogens is 2. The van der Waals surface area contributed by atoms with Crippen molar-refractivity contribution < 1.29 is 9.66 Å². The number of fused-ring (bicyclic) bond motifs is 1. The number of rotatable bonds is 7. The van der Waals surface area contributed by atoms with Gasteiger partial charge in [0.2, 0.25) is 0 Å². The molecule has 0 atom stereocenters. The van der Waals surface area contributed by atoms with E-state index in [-0.39, 0.29) is 5.69 Å². The molecule has 156 valence electrons. The molecule has 0 saturated heterocycles. The molecule has 9 heteroatoms. The Balaban J connectivity index is 1.68. The molecule has 0 aliphatic rings. The van der Waals surface area contributed by atoms with Gasteiger partial charge in [-0.3, -0.25) is 10.1 Å². The molecule has 1 heterocycles. The Labute approximate surface area is 183 Å². The van der Waals surface area contributed by atoms with Gasteiger partial charge in [-0.2, -0.15) is 0 Å². The first-order valence-corrected chi connectivity index (χ1v) is 10.2. The molecule has 4 rings (SSSR count). The normalized spacial score (nSPS) is 10.6. The summed E-state index contributed by atoms with van der Waals surface area (Å²) >= 11 is 1.23. The van der Waals surface area contributed by atoms with Crippen molar-refractivity contribution in [1.29, 1.82) is 0 Å². The molecule has 0 aliphatic carbocycles. The maximum atomic E-state index is 11.0. The number of ether oxygens (including phenoxy) is 1. The van der Waals surface area contributed by atoms with Crippen molar-refractivity contribution in [3.63, 3.8) is 0 Å². The minimum atomic E-state index is -0.418. The predicted molar refractivity (Wildman–Crippen MR) is 123 cm³/mol. The number of para-hydroxylation sites is 2. The van der Waals surface area contributed by atoms with E-state index in [1.54, 1.807) is 19.2 Å². The maximum Gasteiger partial charge on any atom is 0.270 e. The SMILES string of the molecule is COc1ccc(C)c(Nc2nc3ccccc3nc2NSc2cccc([N+](=O)[O-])c2)c1. The van der Waals surface area contributed by atoms with Gasteiger partial charge in [0.05, 0.1) is 23.1 Å². The van der Waals surface area contributed by atoms with E-state index in [1.165, 1.54) is 24.1 Å². The van der Waals surface area contributed by atoms with E-state index >= 15 is 0 Å². The number of nitro groups is 1. The number of aryl methyl sites for hydroxylation is 1. The molecular weight excluding hydrogens is 414 g/mol. The third-order valence-electron chi connectivity index (χ3n) is 4.56. The molecule has 0 unspecified atom stereocenters. The zero-order chi connectivity index (χ0) is 21.8. The monoisotopic (exact) mass is 433 g/mol. The molecule has 0 spiro atoms. The van der Waals surface area contributed by atoms with E-state index < -0.39 is 4.92 Å². The number of hydrogen-bond acceptors (Lipinski definition) is 8. The summed E-state index contributed by atoms with van der Waals surface area (Å²) in [6.45, 7) is 1.99. The van der Waals surface area contributed by atoms with Crippen LogP contribution in [0.4, 0.5) is 23.0 Å². The summed E-state index contributed by atoms with van der Waals surface area (Å²) < 4.78 is 8.52. The van der Waals surface area contributed by atoms with Crippen LogP contribution in [0.15, 0.2) is 71.6 Å². The number of anilines is 3. The molecule has 0 amide bonds. The van der Waals surface area contributed by atoms with Crippen molar-refractivity contribution in [2.45, 2.75) is 11.8 Å². The van der Waals surface area contributed by atoms with Crippen LogP contribution < -0.4 is 14.8 Å². The summed E-state index contributed by atoms with van der Waals surface area (Å²) in [7, 11) is 1.62. The molecule has 0 saturated carbocycles. The average Bonchev–Trinajstić information content (AvgIpc) is 2.79. The zero-order valence-electron chi connectivity index (χ0n) is 16.8. The highest BCUT2D eigenvalue weighted by Crippen LogP contribution is 2.32. The van der Waals surface area contributed by atoms with Gasteiger partial charge >= 0.3 is 0 Å². The average molecular weight is 433 g/mol. The number of nitrogens with zero attached hydrogens (tertiary/aromatic N) is 3. The number of non-ortho nitro benzene ring substituents is 1. The fourth-order valence-electron chi connectivity index (χ4n) is 2.92. The number of methoxy groups -OCH3 is 1. The summed E-state index contributed by atoms with van der Waals surface area (Å²) in [5.41, 5.74) is 3.37. The molecule has 2 N–H and O–H groups in total. The van der Waals surface area contributed by atoms with Crippen LogP contribution in [-0.4, -0.2) is 22.0 Å². The van der Waals surface area contributed by atoms with Gasteiger partial charge in [0.1, 0.15) is 5.75 Å². The second-order valence-corrected chi connectivity index (χ2v) is 7.55. The van der Waals surface area contributed by atoms with Gasteiger partial charge in [-0.1, -0.05) is 24.3 Å². The lowest BCUT2D eigenvalue weighted by molar-refractivity contribution is -0.385. The van der Waals surface area contributed by atoms with Crippen LogP contribution in [0, 0.1) is 17.0 Å². The number of benzene rings is 3. The Hall–Kier alpha value is -3.85. The van der Waals surface area contributed by atoms with Crippen molar-refractivity contribution in [3.8, 4) is 5.75 Å². The van der Waals surface area contributed by atoms with Crippen LogP contribution in [-0.2, 0) is 0 Å². The fraction of sp³-hybridized carbons (Fsp3) is 0.0909. The minimum absolute atomic E-state index is 0.0294. The smallest absolute Gasteiger partial charge is 0.270 e. The number of nitrogens with one attached hydrogen (secondary N) is 2. The third-order valence-corrected chi connectivity index (χ3v) is 5.35. The van der Waals surface area contributed by atoms with E-state index in [1.807, 2.05) is 49.4 Å². The van der Waals surface area contributed by atoms with E-state index in [9.17, 15) is 10.1 Å². The molecule has 4 aromatic rings. The zero-order valence-corrected chi connectivity index (χ0v) is 17.6. The topological polar surface area (TPSA) is 102 Å². The molecular formula is C22H19N5O3S. The standard InChI is InChI=1S/C22H19N5O3S/c1-14-10-11-16(30-2)13-20(14)25-21-22(24-19-9-4-3-8-18(19)23-21)26-31-17-7-5-6-15(12-17)27(28)29/h3-13H,1-2H3,(H,23,25)(H,24,26). The number of nitro benzene ring substituents is 1. The summed E-state index contributed by atoms with van der Waals surface area (Å²) in [6, 6.07) is 19.7. The van der Waals surface area contributed by atoms with Gasteiger partial charge in [-0.05, 0) is 48.7 Å². The van der Waals surface area contributed by atoms with E-state index in [0.29, 0.717) is 16.5 Å². The van der Waals surface area contributed by atoms with E-state index in [2.05, 4.69) is 10.0 Å². The van der Waals surface area contributed by atoms with Gasteiger partial charge in [-0.25, -0.2) is 9.97 Å². The van der Waals surface area contributed by atoms with E-state index in [4.69, 9.17) is 14.7 Å². The van der Waals surface area contributed by atoms with Crippen LogP contribution in [0.2, 0.25) is 0 Å². The van der Waals surface area contributed by atoms with Crippen molar-refractivity contribution in [1.82, 2.24) is 9.97 Å². The minimum Gasteiger partial charge on any atom is -0.497 e. The molecule has 0 bridgehead atoms. The predicted octanol–water partition coefficient (Wildman–Crippen LogP) is 5.72. The maximum absolute atomic E-state index is 11.0. The molecule has 1 aromatic heterocycles. The summed E-state index contributed by atoms with van der Waals surface area (Å²) in [5, 5.41) is 14.4. The van der Waals surface area contributed by atoms with Crippen molar-refractivity contribution in [2.24, 2.45) is 0 Å². The molecule has 0 fully saturated rings. The number of hydrogen-bond donors (Lipinski definition) is 2. The Kier molecular flexibility index (Phi) is 5.85. The first-order valence-electron chi connectivity index (χ1n) is 9.39. The Morgan fingerprint density at radius 2 is 1.71 bits per heavy atom. The third kappa shape index (κ3) is 4.67. The van der Waals surface area contributed by atoms with Gasteiger partial charge in [0, 0.05) is 28.8 Å². The highest BCUT2D eigenvalue weighted by atomic mass is 32.2. The lowest BCUT2D eigenvalue weighted by Crippen LogP contribution is -2.03. The molecule has 3 aromatic carbocycles. The van der Waals surface area contributed by atoms with Crippen molar-refractivity contribution in [2.75, 3.05) is 17.1 Å². The van der Waals surface area contributed by atoms with Gasteiger partial charge in [0.25, 0.3) is 5.69 Å². The summed E-state index contributed by atoms with van der Waals surface area (Å²) in [6.07, 6.45) is 0. The van der Waals surface area contributed by atoms with Crippen LogP contribution in [0.25, 0.3) is 11.0 Å². The first kappa shape index (κ1) is 20.4. The Bertz CT molecular complexity index is 1270. The fourth-order valence-corrected chi connectivity index (χ4v) is 3.60. The lowest BCUT2D eigenvalue weighted by atomic mass is 10.2. The van der Waals surface area contributed by atoms with Crippen molar-refractivity contribution in [3.05, 3.63) is 82.4 Å². The first-order chi connectivity index (χ1) is 15.0. The lowest BCUT2D eigenvalue weighted by Gasteiger charge is -2.15. The summed E-state index contributed by atoms with van der Waals surface area (Å²) in [5.74, 6) is 1.77. The molecule has 31 heavy (non-hydrogen) atoms. The van der Waals surface area contributed by atoms with Crippen LogP contribution in [0.1, 0.15) is 5.56 Å². The second kappa shape index (κ2) is 8.88. The van der Waals surface area contributed by atoms with Crippen LogP contribution in [0.3, 0.4) is 0 Å². The molecule has 8 nitrogen and oxygen atoms in total. The van der Waals surface area contributed by atoms with E-state index in [0.717, 1.165) is 28.0 Å². The van der Waals surface area contributed by atoms with Gasteiger partial charge in [-0.15, -0.1) is 0 Å². The van der Waals surface area contributed by atoms with Gasteiger partial charge < -0.3 is 14.8 Å². The molecule has 0 radical (unpaired) electrons. The second-order valence-electron chi connectivity index (χ2n) is 6.67. The largest absolute Gasteiger partial charge is 0.497 e. The van der Waals surface area contributed by atoms with Crippen molar-refractivity contribution >= 4 is 46.0 Å². The Morgan fingerprint density at radius 3 is 2.42 bits per heavy atom. The summed E-state index contributed by atoms with van der Waals surface area (Å²) in [4.78, 5) is 20.7. The highest BCUT2D eigenvalue weighted by Gasteiger charge is 2.13. The Morgan fingerprint density at radius 1 is 0.968 bits per heavy atom. The quantitative estimate of drug-likeness (QED) is 0.217. The highest BCUT2D eigenvalue weighted by molar-refractivity contribution is 8.00. The van der Waals surface area contributed by atoms with Crippen LogP contribution >= 0.6 is 11.9 Å². The van der Waals surface area contributed by atoms with Crippen LogP contribution in [0.5, 0.6) is 5.75 Å².